The molecular formula is C20H28N4O2S. The lowest BCUT2D eigenvalue weighted by Crippen LogP contribution is -2.39. The summed E-state index contributed by atoms with van der Waals surface area (Å²) in [6, 6.07) is 4.62. The Bertz CT molecular complexity index is 707. The number of nitrogens with zero attached hydrogens (tertiary/aromatic N) is 3. The molecule has 1 N–H and O–H groups in total. The number of hydrogen-bond donors (Lipinski definition) is 1. The van der Waals surface area contributed by atoms with Crippen LogP contribution in [0.5, 0.6) is 0 Å². The molecule has 0 aliphatic carbocycles. The van der Waals surface area contributed by atoms with Crippen molar-refractivity contribution >= 4 is 23.6 Å². The van der Waals surface area contributed by atoms with Crippen molar-refractivity contribution in [1.82, 2.24) is 20.1 Å². The summed E-state index contributed by atoms with van der Waals surface area (Å²) >= 11 is 1.41. The number of fused-ring (bicyclic) bond motifs is 2. The van der Waals surface area contributed by atoms with Crippen LogP contribution in [0.3, 0.4) is 0 Å². The van der Waals surface area contributed by atoms with Gasteiger partial charge in [-0.05, 0) is 51.2 Å². The maximum absolute atomic E-state index is 13.2. The number of likely N-dealkylation sites (tertiary alicyclic amines) is 2. The molecule has 0 spiro atoms. The standard InChI is InChI=1S/C20H28N4O2S/c1-14(19(25)23-10-2-3-11-23)27-18-17(5-4-9-21-18)20(26)24-12-8-15-6-7-16(13-24)22-15/h4-5,9,14-16,22H,2-3,6-8,10-13H2,1H3. The molecule has 0 aromatic carbocycles. The molecule has 146 valence electrons. The molecule has 3 unspecified atom stereocenters. The predicted molar refractivity (Wildman–Crippen MR) is 106 cm³/mol. The topological polar surface area (TPSA) is 65.5 Å². The molecule has 6 nitrogen and oxygen atoms in total. The Balaban J connectivity index is 1.47. The molecule has 7 heteroatoms. The summed E-state index contributed by atoms with van der Waals surface area (Å²) in [6.07, 6.45) is 7.25. The molecule has 3 fully saturated rings. The van der Waals surface area contributed by atoms with E-state index < -0.39 is 0 Å². The summed E-state index contributed by atoms with van der Waals surface area (Å²) in [6.45, 7) is 5.16. The fourth-order valence-corrected chi connectivity index (χ4v) is 5.35. The van der Waals surface area contributed by atoms with Crippen molar-refractivity contribution in [2.75, 3.05) is 26.2 Å². The minimum absolute atomic E-state index is 0.0424. The van der Waals surface area contributed by atoms with Gasteiger partial charge in [-0.15, -0.1) is 0 Å². The van der Waals surface area contributed by atoms with Gasteiger partial charge in [-0.25, -0.2) is 4.98 Å². The van der Waals surface area contributed by atoms with E-state index in [0.29, 0.717) is 22.7 Å². The van der Waals surface area contributed by atoms with Crippen LogP contribution in [0.1, 0.15) is 49.4 Å². The van der Waals surface area contributed by atoms with Gasteiger partial charge in [-0.1, -0.05) is 11.8 Å². The fourth-order valence-electron chi connectivity index (χ4n) is 4.36. The average Bonchev–Trinajstić information content (AvgIpc) is 3.31. The summed E-state index contributed by atoms with van der Waals surface area (Å²) in [5.74, 6) is 0.193. The van der Waals surface area contributed by atoms with Gasteiger partial charge in [0.25, 0.3) is 5.91 Å². The normalized spacial score (nSPS) is 26.1. The average molecular weight is 389 g/mol. The van der Waals surface area contributed by atoms with E-state index in [4.69, 9.17) is 0 Å². The second-order valence-corrected chi connectivity index (χ2v) is 9.16. The summed E-state index contributed by atoms with van der Waals surface area (Å²) < 4.78 is 0. The highest BCUT2D eigenvalue weighted by Crippen LogP contribution is 2.29. The van der Waals surface area contributed by atoms with Crippen LogP contribution in [0.15, 0.2) is 23.4 Å². The molecule has 27 heavy (non-hydrogen) atoms. The maximum atomic E-state index is 13.2. The molecule has 3 aliphatic rings. The number of rotatable bonds is 4. The first-order chi connectivity index (χ1) is 13.1. The quantitative estimate of drug-likeness (QED) is 0.801. The van der Waals surface area contributed by atoms with Gasteiger partial charge >= 0.3 is 0 Å². The van der Waals surface area contributed by atoms with Crippen LogP contribution in [0.4, 0.5) is 0 Å². The molecule has 3 saturated heterocycles. The highest BCUT2D eigenvalue weighted by molar-refractivity contribution is 8.00. The number of hydrogen-bond acceptors (Lipinski definition) is 5. The van der Waals surface area contributed by atoms with Crippen molar-refractivity contribution < 1.29 is 9.59 Å². The van der Waals surface area contributed by atoms with Crippen LogP contribution in [0, 0.1) is 0 Å². The number of amides is 2. The third-order valence-electron chi connectivity index (χ3n) is 5.87. The molecule has 1 aromatic heterocycles. The van der Waals surface area contributed by atoms with Crippen molar-refractivity contribution in [3.8, 4) is 0 Å². The van der Waals surface area contributed by atoms with E-state index in [0.717, 1.165) is 51.9 Å². The molecular weight excluding hydrogens is 360 g/mol. The summed E-state index contributed by atoms with van der Waals surface area (Å²) in [5, 5.41) is 4.06. The molecule has 3 atom stereocenters. The number of nitrogens with one attached hydrogen (secondary N) is 1. The molecule has 1 aromatic rings. The molecule has 2 amide bonds. The molecule has 0 saturated carbocycles. The van der Waals surface area contributed by atoms with Crippen molar-refractivity contribution in [1.29, 1.82) is 0 Å². The van der Waals surface area contributed by atoms with Crippen LogP contribution < -0.4 is 5.32 Å². The first-order valence-corrected chi connectivity index (χ1v) is 11.0. The van der Waals surface area contributed by atoms with Gasteiger partial charge in [-0.3, -0.25) is 9.59 Å². The molecule has 0 radical (unpaired) electrons. The Hall–Kier alpha value is -1.60. The molecule has 4 rings (SSSR count). The molecule has 4 heterocycles. The van der Waals surface area contributed by atoms with Crippen LogP contribution >= 0.6 is 11.8 Å². The third kappa shape index (κ3) is 4.14. The zero-order chi connectivity index (χ0) is 18.8. The second kappa shape index (κ2) is 8.19. The Morgan fingerprint density at radius 3 is 2.74 bits per heavy atom. The monoisotopic (exact) mass is 388 g/mol. The van der Waals surface area contributed by atoms with Gasteiger partial charge in [-0.2, -0.15) is 0 Å². The summed E-state index contributed by atoms with van der Waals surface area (Å²) in [7, 11) is 0. The van der Waals surface area contributed by atoms with E-state index in [1.807, 2.05) is 28.9 Å². The van der Waals surface area contributed by atoms with Crippen molar-refractivity contribution in [2.45, 2.75) is 61.4 Å². The predicted octanol–water partition coefficient (Wildman–Crippen LogP) is 2.15. The number of pyridine rings is 1. The molecule has 2 bridgehead atoms. The molecule has 3 aliphatic heterocycles. The minimum Gasteiger partial charge on any atom is -0.342 e. The van der Waals surface area contributed by atoms with Crippen molar-refractivity contribution in [2.24, 2.45) is 0 Å². The lowest BCUT2D eigenvalue weighted by Gasteiger charge is -2.25. The first kappa shape index (κ1) is 18.7. The Kier molecular flexibility index (Phi) is 5.68. The zero-order valence-electron chi connectivity index (χ0n) is 15.9. The van der Waals surface area contributed by atoms with Gasteiger partial charge in [0.15, 0.2) is 0 Å². The Labute approximate surface area is 165 Å². The van der Waals surface area contributed by atoms with Gasteiger partial charge in [0.1, 0.15) is 5.03 Å². The lowest BCUT2D eigenvalue weighted by atomic mass is 10.1. The highest BCUT2D eigenvalue weighted by atomic mass is 32.2. The first-order valence-electron chi connectivity index (χ1n) is 10.1. The Morgan fingerprint density at radius 2 is 1.93 bits per heavy atom. The van der Waals surface area contributed by atoms with Crippen molar-refractivity contribution in [3.63, 3.8) is 0 Å². The fraction of sp³-hybridized carbons (Fsp3) is 0.650. The van der Waals surface area contributed by atoms with Crippen LogP contribution in [0.25, 0.3) is 0 Å². The van der Waals surface area contributed by atoms with E-state index in [1.54, 1.807) is 6.20 Å². The second-order valence-electron chi connectivity index (χ2n) is 7.83. The number of thioether (sulfide) groups is 1. The Morgan fingerprint density at radius 1 is 1.15 bits per heavy atom. The number of carbonyl (C=O) groups excluding carboxylic acids is 2. The number of aromatic nitrogens is 1. The van der Waals surface area contributed by atoms with Crippen LogP contribution in [-0.4, -0.2) is 70.1 Å². The minimum atomic E-state index is -0.230. The largest absolute Gasteiger partial charge is 0.342 e. The van der Waals surface area contributed by atoms with Crippen LogP contribution in [-0.2, 0) is 4.79 Å². The van der Waals surface area contributed by atoms with E-state index in [9.17, 15) is 9.59 Å². The van der Waals surface area contributed by atoms with E-state index >= 15 is 0 Å². The van der Waals surface area contributed by atoms with Gasteiger partial charge < -0.3 is 15.1 Å². The van der Waals surface area contributed by atoms with Crippen molar-refractivity contribution in [3.05, 3.63) is 23.9 Å². The third-order valence-corrected chi connectivity index (χ3v) is 6.97. The van der Waals surface area contributed by atoms with Gasteiger partial charge in [0.2, 0.25) is 5.91 Å². The zero-order valence-corrected chi connectivity index (χ0v) is 16.7. The van der Waals surface area contributed by atoms with E-state index in [2.05, 4.69) is 10.3 Å². The van der Waals surface area contributed by atoms with Crippen LogP contribution in [0.2, 0.25) is 0 Å². The summed E-state index contributed by atoms with van der Waals surface area (Å²) in [4.78, 5) is 34.2. The number of carbonyl (C=O) groups is 2. The SMILES string of the molecule is CC(Sc1ncccc1C(=O)N1CCC2CCC(C1)N2)C(=O)N1CCCC1. The maximum Gasteiger partial charge on any atom is 0.256 e. The highest BCUT2D eigenvalue weighted by Gasteiger charge is 2.33. The summed E-state index contributed by atoms with van der Waals surface area (Å²) in [5.41, 5.74) is 0.626. The van der Waals surface area contributed by atoms with Gasteiger partial charge in [0, 0.05) is 44.5 Å². The van der Waals surface area contributed by atoms with E-state index in [-0.39, 0.29) is 17.1 Å². The smallest absolute Gasteiger partial charge is 0.256 e. The van der Waals surface area contributed by atoms with E-state index in [1.165, 1.54) is 18.2 Å². The van der Waals surface area contributed by atoms with Gasteiger partial charge in [0.05, 0.1) is 10.8 Å². The lowest BCUT2D eigenvalue weighted by molar-refractivity contribution is -0.129.